The molecule has 0 saturated heterocycles. The highest BCUT2D eigenvalue weighted by atomic mass is 32.1. The summed E-state index contributed by atoms with van der Waals surface area (Å²) in [6.45, 7) is 0.130. The van der Waals surface area contributed by atoms with Gasteiger partial charge in [0.2, 0.25) is 0 Å². The number of anilines is 1. The number of ketones is 1. The number of likely N-dealkylation sites (N-methyl/N-ethyl adjacent to an activating group) is 1. The van der Waals surface area contributed by atoms with Crippen LogP contribution < -0.4 is 5.32 Å². The Kier molecular flexibility index (Phi) is 6.05. The second kappa shape index (κ2) is 8.80. The zero-order valence-corrected chi connectivity index (χ0v) is 18.5. The van der Waals surface area contributed by atoms with Gasteiger partial charge in [-0.1, -0.05) is 12.1 Å². The van der Waals surface area contributed by atoms with Crippen molar-refractivity contribution in [2.45, 2.75) is 6.18 Å². The molecule has 10 heteroatoms. The van der Waals surface area contributed by atoms with Gasteiger partial charge in [0.15, 0.2) is 5.78 Å². The van der Waals surface area contributed by atoms with E-state index in [1.807, 2.05) is 17.5 Å². The van der Waals surface area contributed by atoms with E-state index < -0.39 is 17.6 Å². The smallest absolute Gasteiger partial charge is 0.321 e. The number of nitrogens with zero attached hydrogens (tertiary/aromatic N) is 3. The number of Topliss-reactive ketones (excluding diaryl/α,β-unsaturated/α-hetero) is 1. The van der Waals surface area contributed by atoms with Crippen molar-refractivity contribution in [1.29, 1.82) is 0 Å². The van der Waals surface area contributed by atoms with Crippen molar-refractivity contribution in [3.63, 3.8) is 0 Å². The van der Waals surface area contributed by atoms with Crippen LogP contribution in [0.2, 0.25) is 0 Å². The van der Waals surface area contributed by atoms with Crippen LogP contribution in [0, 0.1) is 0 Å². The molecule has 1 aromatic carbocycles. The molecule has 4 aromatic rings. The highest BCUT2D eigenvalue weighted by Crippen LogP contribution is 2.31. The van der Waals surface area contributed by atoms with E-state index in [1.165, 1.54) is 40.3 Å². The average molecular weight is 472 g/mol. The largest absolute Gasteiger partial charge is 0.416 e. The van der Waals surface area contributed by atoms with Gasteiger partial charge >= 0.3 is 6.18 Å². The van der Waals surface area contributed by atoms with Crippen LogP contribution in [-0.4, -0.2) is 46.6 Å². The molecule has 0 aliphatic rings. The molecule has 0 atom stereocenters. The molecule has 0 radical (unpaired) electrons. The van der Waals surface area contributed by atoms with Crippen LogP contribution in [0.15, 0.2) is 60.2 Å². The second-order valence-electron chi connectivity index (χ2n) is 7.64. The van der Waals surface area contributed by atoms with Gasteiger partial charge in [0.05, 0.1) is 28.2 Å². The van der Waals surface area contributed by atoms with Gasteiger partial charge in [0, 0.05) is 11.3 Å². The molecule has 0 fully saturated rings. The van der Waals surface area contributed by atoms with Crippen molar-refractivity contribution >= 4 is 34.2 Å². The van der Waals surface area contributed by atoms with Gasteiger partial charge in [0.1, 0.15) is 12.0 Å². The molecule has 4 rings (SSSR count). The number of carbonyl (C=O) groups is 2. The third kappa shape index (κ3) is 4.81. The molecule has 33 heavy (non-hydrogen) atoms. The number of fused-ring (bicyclic) bond motifs is 1. The normalized spacial score (nSPS) is 11.8. The van der Waals surface area contributed by atoms with Gasteiger partial charge < -0.3 is 10.2 Å². The number of rotatable bonds is 6. The number of carbonyl (C=O) groups excluding carboxylic acids is 2. The zero-order valence-electron chi connectivity index (χ0n) is 17.7. The third-order valence-electron chi connectivity index (χ3n) is 4.88. The molecule has 3 heterocycles. The molecular formula is C23H19F3N4O2S. The van der Waals surface area contributed by atoms with Gasteiger partial charge in [0.25, 0.3) is 5.91 Å². The maximum atomic E-state index is 13.0. The lowest BCUT2D eigenvalue weighted by Gasteiger charge is -2.10. The SMILES string of the molecule is CN(C)CC(=O)c1cc(C(=O)Nc2cccc(C(F)(F)F)c2)n2cnc(-c3cccs3)cc12. The molecule has 3 aromatic heterocycles. The number of thiophene rings is 1. The zero-order chi connectivity index (χ0) is 23.8. The number of halogens is 3. The molecule has 0 saturated carbocycles. The van der Waals surface area contributed by atoms with Crippen molar-refractivity contribution < 1.29 is 22.8 Å². The Balaban J connectivity index is 1.75. The van der Waals surface area contributed by atoms with E-state index in [1.54, 1.807) is 25.1 Å². The Hall–Kier alpha value is -3.50. The lowest BCUT2D eigenvalue weighted by atomic mass is 10.1. The molecule has 1 amide bonds. The van der Waals surface area contributed by atoms with Crippen LogP contribution in [0.3, 0.4) is 0 Å². The van der Waals surface area contributed by atoms with E-state index in [4.69, 9.17) is 0 Å². The Morgan fingerprint density at radius 3 is 2.58 bits per heavy atom. The Labute approximate surface area is 191 Å². The first-order valence-corrected chi connectivity index (χ1v) is 10.7. The predicted molar refractivity (Wildman–Crippen MR) is 121 cm³/mol. The Bertz CT molecular complexity index is 1330. The number of benzene rings is 1. The molecule has 6 nitrogen and oxygen atoms in total. The summed E-state index contributed by atoms with van der Waals surface area (Å²) in [7, 11) is 3.52. The second-order valence-corrected chi connectivity index (χ2v) is 8.59. The van der Waals surface area contributed by atoms with Gasteiger partial charge in [-0.25, -0.2) is 4.98 Å². The number of amides is 1. The van der Waals surface area contributed by atoms with Crippen LogP contribution in [0.5, 0.6) is 0 Å². The fourth-order valence-electron chi connectivity index (χ4n) is 3.40. The summed E-state index contributed by atoms with van der Waals surface area (Å²) in [6.07, 6.45) is -3.09. The lowest BCUT2D eigenvalue weighted by Crippen LogP contribution is -2.21. The van der Waals surface area contributed by atoms with Crippen molar-refractivity contribution in [2.75, 3.05) is 26.0 Å². The topological polar surface area (TPSA) is 66.7 Å². The van der Waals surface area contributed by atoms with Gasteiger partial charge in [-0.2, -0.15) is 13.2 Å². The fourth-order valence-corrected chi connectivity index (χ4v) is 4.09. The van der Waals surface area contributed by atoms with Crippen molar-refractivity contribution in [3.8, 4) is 10.6 Å². The minimum Gasteiger partial charge on any atom is -0.321 e. The monoisotopic (exact) mass is 472 g/mol. The van der Waals surface area contributed by atoms with E-state index in [0.717, 1.165) is 17.0 Å². The first kappa shape index (κ1) is 22.7. The molecule has 0 aliphatic heterocycles. The van der Waals surface area contributed by atoms with Gasteiger partial charge in [-0.3, -0.25) is 14.0 Å². The summed E-state index contributed by atoms with van der Waals surface area (Å²) in [5.41, 5.74) is 0.695. The number of hydrogen-bond acceptors (Lipinski definition) is 5. The molecule has 0 aliphatic carbocycles. The van der Waals surface area contributed by atoms with Crippen LogP contribution in [0.1, 0.15) is 26.4 Å². The lowest BCUT2D eigenvalue weighted by molar-refractivity contribution is -0.137. The first-order chi connectivity index (χ1) is 15.6. The molecule has 0 bridgehead atoms. The fraction of sp³-hybridized carbons (Fsp3) is 0.174. The summed E-state index contributed by atoms with van der Waals surface area (Å²) in [6, 6.07) is 11.3. The quantitative estimate of drug-likeness (QED) is 0.398. The molecule has 0 unspecified atom stereocenters. The maximum Gasteiger partial charge on any atom is 0.416 e. The molecule has 0 spiro atoms. The highest BCUT2D eigenvalue weighted by Gasteiger charge is 2.30. The van der Waals surface area contributed by atoms with Crippen molar-refractivity contribution in [3.05, 3.63) is 77.1 Å². The van der Waals surface area contributed by atoms with E-state index >= 15 is 0 Å². The summed E-state index contributed by atoms with van der Waals surface area (Å²) >= 11 is 1.49. The van der Waals surface area contributed by atoms with Crippen LogP contribution in [0.4, 0.5) is 18.9 Å². The minimum atomic E-state index is -4.53. The first-order valence-electron chi connectivity index (χ1n) is 9.85. The highest BCUT2D eigenvalue weighted by molar-refractivity contribution is 7.13. The molecular weight excluding hydrogens is 453 g/mol. The summed E-state index contributed by atoms with van der Waals surface area (Å²) in [5.74, 6) is -0.849. The van der Waals surface area contributed by atoms with Crippen LogP contribution in [-0.2, 0) is 6.18 Å². The average Bonchev–Trinajstić information content (AvgIpc) is 3.40. The standard InChI is InChI=1S/C23H19F3N4O2S/c1-29(2)12-20(31)16-10-19(22(32)28-15-6-3-5-14(9-15)23(24,25)26)30-13-27-17(11-18(16)30)21-7-4-8-33-21/h3-11,13H,12H2,1-2H3,(H,28,32). The van der Waals surface area contributed by atoms with E-state index in [2.05, 4.69) is 10.3 Å². The molecule has 1 N–H and O–H groups in total. The Morgan fingerprint density at radius 2 is 1.91 bits per heavy atom. The summed E-state index contributed by atoms with van der Waals surface area (Å²) in [5, 5.41) is 4.40. The third-order valence-corrected chi connectivity index (χ3v) is 5.77. The number of aromatic nitrogens is 2. The number of nitrogens with one attached hydrogen (secondary N) is 1. The van der Waals surface area contributed by atoms with E-state index in [0.29, 0.717) is 16.8 Å². The summed E-state index contributed by atoms with van der Waals surface area (Å²) in [4.78, 5) is 32.9. The predicted octanol–water partition coefficient (Wildman–Crippen LogP) is 5.08. The number of alkyl halides is 3. The summed E-state index contributed by atoms with van der Waals surface area (Å²) < 4.78 is 40.5. The maximum absolute atomic E-state index is 13.0. The van der Waals surface area contributed by atoms with E-state index in [-0.39, 0.29) is 23.7 Å². The molecule has 170 valence electrons. The van der Waals surface area contributed by atoms with Crippen LogP contribution in [0.25, 0.3) is 16.1 Å². The van der Waals surface area contributed by atoms with Gasteiger partial charge in [-0.05, 0) is 55.9 Å². The van der Waals surface area contributed by atoms with Gasteiger partial charge in [-0.15, -0.1) is 11.3 Å². The number of hydrogen-bond donors (Lipinski definition) is 1. The van der Waals surface area contributed by atoms with Crippen molar-refractivity contribution in [2.24, 2.45) is 0 Å². The minimum absolute atomic E-state index is 0.00546. The van der Waals surface area contributed by atoms with Crippen molar-refractivity contribution in [1.82, 2.24) is 14.3 Å². The van der Waals surface area contributed by atoms with E-state index in [9.17, 15) is 22.8 Å². The van der Waals surface area contributed by atoms with Crippen LogP contribution >= 0.6 is 11.3 Å². The Morgan fingerprint density at radius 1 is 1.12 bits per heavy atom.